The maximum absolute atomic E-state index is 12.7. The number of hydrogen-bond acceptors (Lipinski definition) is 5. The number of benzene rings is 3. The molecule has 0 aromatic heterocycles. The van der Waals surface area contributed by atoms with Crippen LogP contribution < -0.4 is 4.74 Å². The molecular formula is C26H22N4O2S. The topological polar surface area (TPSA) is 78.1 Å². The maximum Gasteiger partial charge on any atom is 0.283 e. The van der Waals surface area contributed by atoms with Gasteiger partial charge in [0.25, 0.3) is 5.91 Å². The number of carbonyl (C=O) groups is 1. The molecule has 0 unspecified atom stereocenters. The fraction of sp³-hybridized carbons (Fsp3) is 0.154. The number of nitrogens with zero attached hydrogens (tertiary/aromatic N) is 3. The Morgan fingerprint density at radius 3 is 2.73 bits per heavy atom. The van der Waals surface area contributed by atoms with E-state index in [1.165, 1.54) is 16.8 Å². The Hall–Kier alpha value is -3.71. The molecule has 5 rings (SSSR count). The van der Waals surface area contributed by atoms with Gasteiger partial charge < -0.3 is 4.74 Å². The Bertz CT molecular complexity index is 1350. The molecule has 0 saturated carbocycles. The minimum atomic E-state index is -0.435. The van der Waals surface area contributed by atoms with Crippen molar-refractivity contribution in [3.05, 3.63) is 83.4 Å². The van der Waals surface area contributed by atoms with Crippen LogP contribution in [0.25, 0.3) is 16.8 Å². The van der Waals surface area contributed by atoms with Crippen LogP contribution in [0.2, 0.25) is 0 Å². The van der Waals surface area contributed by atoms with Crippen LogP contribution in [0.4, 0.5) is 0 Å². The molecule has 0 aliphatic carbocycles. The first-order valence-corrected chi connectivity index (χ1v) is 11.6. The second-order valence-electron chi connectivity index (χ2n) is 7.73. The molecule has 0 atom stereocenters. The zero-order valence-electron chi connectivity index (χ0n) is 18.1. The SMILES string of the molecule is CCCC1=NN2C(=N)/C(=C/c3ccccc3OCc3cccc4ccccc34)C(=O)N=C2S1. The smallest absolute Gasteiger partial charge is 0.283 e. The highest BCUT2D eigenvalue weighted by Crippen LogP contribution is 2.31. The highest BCUT2D eigenvalue weighted by Gasteiger charge is 2.35. The average molecular weight is 455 g/mol. The monoisotopic (exact) mass is 454 g/mol. The minimum Gasteiger partial charge on any atom is -0.488 e. The van der Waals surface area contributed by atoms with E-state index in [0.29, 0.717) is 23.1 Å². The first kappa shape index (κ1) is 21.2. The van der Waals surface area contributed by atoms with Gasteiger partial charge in [-0.3, -0.25) is 10.2 Å². The standard InChI is InChI=1S/C26H22N4O2S/c1-2-8-23-29-30-24(27)21(25(31)28-26(30)33-23)15-18-10-4-6-14-22(18)32-16-19-12-7-11-17-9-3-5-13-20(17)19/h3-7,9-15,27H,2,8,16H2,1H3/b21-15-,27-24?. The number of amidine groups is 2. The number of para-hydroxylation sites is 1. The van der Waals surface area contributed by atoms with E-state index in [-0.39, 0.29) is 11.4 Å². The molecule has 0 spiro atoms. The fourth-order valence-corrected chi connectivity index (χ4v) is 4.79. The third kappa shape index (κ3) is 4.19. The third-order valence-electron chi connectivity index (χ3n) is 5.44. The molecule has 3 aromatic carbocycles. The van der Waals surface area contributed by atoms with Crippen LogP contribution in [0.5, 0.6) is 5.75 Å². The summed E-state index contributed by atoms with van der Waals surface area (Å²) in [6.45, 7) is 2.46. The van der Waals surface area contributed by atoms with Crippen molar-refractivity contribution in [2.24, 2.45) is 10.1 Å². The van der Waals surface area contributed by atoms with Crippen molar-refractivity contribution in [3.63, 3.8) is 0 Å². The van der Waals surface area contributed by atoms with Crippen molar-refractivity contribution in [2.75, 3.05) is 0 Å². The molecule has 1 amide bonds. The predicted octanol–water partition coefficient (Wildman–Crippen LogP) is 5.84. The maximum atomic E-state index is 12.7. The molecule has 7 heteroatoms. The normalized spacial score (nSPS) is 16.8. The van der Waals surface area contributed by atoms with Crippen LogP contribution in [0.15, 0.2) is 82.4 Å². The lowest BCUT2D eigenvalue weighted by Crippen LogP contribution is -2.35. The molecule has 2 aliphatic heterocycles. The molecule has 2 aliphatic rings. The van der Waals surface area contributed by atoms with Crippen molar-refractivity contribution in [3.8, 4) is 5.75 Å². The summed E-state index contributed by atoms with van der Waals surface area (Å²) in [5.74, 6) is 0.238. The zero-order valence-corrected chi connectivity index (χ0v) is 18.9. The largest absolute Gasteiger partial charge is 0.488 e. The van der Waals surface area contributed by atoms with Gasteiger partial charge in [-0.2, -0.15) is 15.1 Å². The lowest BCUT2D eigenvalue weighted by Gasteiger charge is -2.20. The quantitative estimate of drug-likeness (QED) is 0.475. The number of carbonyl (C=O) groups excluding carboxylic acids is 1. The molecule has 6 nitrogen and oxygen atoms in total. The summed E-state index contributed by atoms with van der Waals surface area (Å²) < 4.78 is 6.17. The molecular weight excluding hydrogens is 432 g/mol. The highest BCUT2D eigenvalue weighted by atomic mass is 32.2. The predicted molar refractivity (Wildman–Crippen MR) is 135 cm³/mol. The molecule has 164 valence electrons. The highest BCUT2D eigenvalue weighted by molar-refractivity contribution is 8.26. The molecule has 0 fully saturated rings. The van der Waals surface area contributed by atoms with E-state index in [0.717, 1.165) is 34.2 Å². The number of hydrazone groups is 1. The second kappa shape index (κ2) is 9.03. The number of rotatable bonds is 6. The first-order chi connectivity index (χ1) is 16.1. The van der Waals surface area contributed by atoms with Gasteiger partial charge in [0.15, 0.2) is 5.84 Å². The number of aliphatic imine (C=N–C) groups is 1. The van der Waals surface area contributed by atoms with Gasteiger partial charge in [-0.25, -0.2) is 0 Å². The van der Waals surface area contributed by atoms with Crippen molar-refractivity contribution >= 4 is 50.6 Å². The minimum absolute atomic E-state index is 0.0347. The van der Waals surface area contributed by atoms with Gasteiger partial charge in [0.05, 0.1) is 5.57 Å². The van der Waals surface area contributed by atoms with Gasteiger partial charge in [-0.15, -0.1) is 0 Å². The van der Waals surface area contributed by atoms with E-state index >= 15 is 0 Å². The van der Waals surface area contributed by atoms with Gasteiger partial charge in [-0.1, -0.05) is 67.6 Å². The summed E-state index contributed by atoms with van der Waals surface area (Å²) in [5.41, 5.74) is 1.99. The van der Waals surface area contributed by atoms with Crippen molar-refractivity contribution in [2.45, 2.75) is 26.4 Å². The van der Waals surface area contributed by atoms with Crippen LogP contribution in [0.3, 0.4) is 0 Å². The van der Waals surface area contributed by atoms with Crippen LogP contribution in [-0.2, 0) is 11.4 Å². The van der Waals surface area contributed by atoms with E-state index in [9.17, 15) is 4.79 Å². The number of fused-ring (bicyclic) bond motifs is 2. The third-order valence-corrected chi connectivity index (χ3v) is 6.41. The van der Waals surface area contributed by atoms with Crippen LogP contribution in [0.1, 0.15) is 30.9 Å². The van der Waals surface area contributed by atoms with Gasteiger partial charge in [0.2, 0.25) is 5.17 Å². The van der Waals surface area contributed by atoms with Gasteiger partial charge >= 0.3 is 0 Å². The Morgan fingerprint density at radius 1 is 1.06 bits per heavy atom. The van der Waals surface area contributed by atoms with Gasteiger partial charge in [-0.05, 0) is 53.1 Å². The van der Waals surface area contributed by atoms with Gasteiger partial charge in [0, 0.05) is 5.56 Å². The number of nitrogens with one attached hydrogen (secondary N) is 1. The number of thioether (sulfide) groups is 1. The first-order valence-electron chi connectivity index (χ1n) is 10.8. The molecule has 0 radical (unpaired) electrons. The molecule has 0 bridgehead atoms. The molecule has 2 heterocycles. The van der Waals surface area contributed by atoms with Crippen molar-refractivity contribution < 1.29 is 9.53 Å². The molecule has 0 saturated heterocycles. The van der Waals surface area contributed by atoms with Crippen LogP contribution in [0, 0.1) is 5.41 Å². The summed E-state index contributed by atoms with van der Waals surface area (Å²) in [7, 11) is 0. The number of amides is 1. The Morgan fingerprint density at radius 2 is 1.85 bits per heavy atom. The Labute approximate surface area is 196 Å². The van der Waals surface area contributed by atoms with Crippen molar-refractivity contribution in [1.82, 2.24) is 5.01 Å². The van der Waals surface area contributed by atoms with Crippen molar-refractivity contribution in [1.29, 1.82) is 5.41 Å². The average Bonchev–Trinajstić information content (AvgIpc) is 3.24. The zero-order chi connectivity index (χ0) is 22.8. The summed E-state index contributed by atoms with van der Waals surface area (Å²) in [6.07, 6.45) is 3.41. The molecule has 3 aromatic rings. The molecule has 1 N–H and O–H groups in total. The van der Waals surface area contributed by atoms with E-state index in [4.69, 9.17) is 10.1 Å². The molecule has 33 heavy (non-hydrogen) atoms. The van der Waals surface area contributed by atoms with E-state index in [1.54, 1.807) is 6.08 Å². The van der Waals surface area contributed by atoms with Crippen LogP contribution >= 0.6 is 11.8 Å². The number of ether oxygens (including phenoxy) is 1. The van der Waals surface area contributed by atoms with E-state index < -0.39 is 5.91 Å². The Kier molecular flexibility index (Phi) is 5.79. The second-order valence-corrected chi connectivity index (χ2v) is 8.77. The number of hydrogen-bond donors (Lipinski definition) is 1. The fourth-order valence-electron chi connectivity index (χ4n) is 3.81. The Balaban J connectivity index is 1.42. The lowest BCUT2D eigenvalue weighted by atomic mass is 10.1. The van der Waals surface area contributed by atoms with Crippen LogP contribution in [-0.4, -0.2) is 27.0 Å². The summed E-state index contributed by atoms with van der Waals surface area (Å²) in [4.78, 5) is 16.9. The lowest BCUT2D eigenvalue weighted by molar-refractivity contribution is -0.114. The summed E-state index contributed by atoms with van der Waals surface area (Å²) in [6, 6.07) is 21.9. The summed E-state index contributed by atoms with van der Waals surface area (Å²) >= 11 is 1.36. The van der Waals surface area contributed by atoms with Gasteiger partial charge in [0.1, 0.15) is 17.4 Å². The van der Waals surface area contributed by atoms with E-state index in [2.05, 4.69) is 41.3 Å². The van der Waals surface area contributed by atoms with E-state index in [1.807, 2.05) is 42.5 Å². The summed E-state index contributed by atoms with van der Waals surface area (Å²) in [5, 5.41) is 18.1.